The van der Waals surface area contributed by atoms with Crippen LogP contribution in [0.3, 0.4) is 0 Å². The monoisotopic (exact) mass is 112 g/mol. The summed E-state index contributed by atoms with van der Waals surface area (Å²) < 4.78 is 0. The van der Waals surface area contributed by atoms with Crippen LogP contribution in [0.4, 0.5) is 0 Å². The second-order valence-electron chi connectivity index (χ2n) is 1.88. The fourth-order valence-electron chi connectivity index (χ4n) is 0.723. The van der Waals surface area contributed by atoms with E-state index in [4.69, 9.17) is 5.11 Å². The van der Waals surface area contributed by atoms with Crippen molar-refractivity contribution in [1.82, 2.24) is 0 Å². The molecule has 1 rings (SSSR count). The SMILES string of the molecule is CCC1=CC(=O)C1O. The Labute approximate surface area is 47.8 Å². The van der Waals surface area contributed by atoms with Gasteiger partial charge < -0.3 is 5.11 Å². The largest absolute Gasteiger partial charge is 0.381 e. The number of hydrogen-bond acceptors (Lipinski definition) is 2. The zero-order chi connectivity index (χ0) is 6.15. The lowest BCUT2D eigenvalue weighted by atomic mass is 9.92. The lowest BCUT2D eigenvalue weighted by molar-refractivity contribution is -0.123. The highest BCUT2D eigenvalue weighted by Gasteiger charge is 2.25. The Kier molecular flexibility index (Phi) is 1.18. The predicted molar refractivity (Wildman–Crippen MR) is 29.4 cm³/mol. The van der Waals surface area contributed by atoms with E-state index in [0.29, 0.717) is 0 Å². The first-order chi connectivity index (χ1) is 3.75. The number of rotatable bonds is 1. The molecule has 1 atom stereocenters. The van der Waals surface area contributed by atoms with Gasteiger partial charge in [0.25, 0.3) is 0 Å². The summed E-state index contributed by atoms with van der Waals surface area (Å²) in [5.74, 6) is -0.151. The van der Waals surface area contributed by atoms with Crippen molar-refractivity contribution in [3.05, 3.63) is 11.6 Å². The quantitative estimate of drug-likeness (QED) is 0.528. The number of ketones is 1. The third-order valence-corrected chi connectivity index (χ3v) is 1.36. The van der Waals surface area contributed by atoms with E-state index in [1.807, 2.05) is 6.92 Å². The molecule has 1 unspecified atom stereocenters. The van der Waals surface area contributed by atoms with Gasteiger partial charge in [-0.3, -0.25) is 4.79 Å². The molecule has 0 aromatic carbocycles. The van der Waals surface area contributed by atoms with Gasteiger partial charge in [0.05, 0.1) is 0 Å². The van der Waals surface area contributed by atoms with Gasteiger partial charge in [0, 0.05) is 0 Å². The van der Waals surface area contributed by atoms with Crippen molar-refractivity contribution in [3.63, 3.8) is 0 Å². The summed E-state index contributed by atoms with van der Waals surface area (Å²) in [6, 6.07) is 0. The van der Waals surface area contributed by atoms with Crippen LogP contribution >= 0.6 is 0 Å². The zero-order valence-corrected chi connectivity index (χ0v) is 4.72. The summed E-state index contributed by atoms with van der Waals surface area (Å²) in [6.45, 7) is 1.92. The molecule has 0 spiro atoms. The lowest BCUT2D eigenvalue weighted by Crippen LogP contribution is -2.29. The van der Waals surface area contributed by atoms with Gasteiger partial charge >= 0.3 is 0 Å². The molecule has 2 nitrogen and oxygen atoms in total. The van der Waals surface area contributed by atoms with Crippen molar-refractivity contribution in [1.29, 1.82) is 0 Å². The number of aliphatic hydroxyl groups is 1. The van der Waals surface area contributed by atoms with E-state index in [2.05, 4.69) is 0 Å². The molecule has 1 aliphatic rings. The first-order valence-corrected chi connectivity index (χ1v) is 2.68. The van der Waals surface area contributed by atoms with Crippen molar-refractivity contribution in [2.45, 2.75) is 19.4 Å². The molecule has 1 N–H and O–H groups in total. The molecule has 0 amide bonds. The van der Waals surface area contributed by atoms with E-state index in [1.165, 1.54) is 6.08 Å². The van der Waals surface area contributed by atoms with Crippen molar-refractivity contribution in [2.24, 2.45) is 0 Å². The molecule has 8 heavy (non-hydrogen) atoms. The van der Waals surface area contributed by atoms with Gasteiger partial charge in [0.1, 0.15) is 6.10 Å². The second kappa shape index (κ2) is 1.71. The third-order valence-electron chi connectivity index (χ3n) is 1.36. The molecule has 0 saturated carbocycles. The minimum atomic E-state index is -0.764. The Morgan fingerprint density at radius 2 is 2.50 bits per heavy atom. The van der Waals surface area contributed by atoms with E-state index in [-0.39, 0.29) is 5.78 Å². The molecule has 0 aliphatic heterocycles. The Bertz CT molecular complexity index is 147. The first kappa shape index (κ1) is 5.51. The normalized spacial score (nSPS) is 27.0. The number of carbonyl (C=O) groups excluding carboxylic acids is 1. The molecule has 0 saturated heterocycles. The summed E-state index contributed by atoms with van der Waals surface area (Å²) in [5.41, 5.74) is 0.856. The molecule has 0 aromatic rings. The van der Waals surface area contributed by atoms with Crippen molar-refractivity contribution in [3.8, 4) is 0 Å². The van der Waals surface area contributed by atoms with Crippen LogP contribution in [0.2, 0.25) is 0 Å². The average molecular weight is 112 g/mol. The van der Waals surface area contributed by atoms with Gasteiger partial charge in [-0.2, -0.15) is 0 Å². The summed E-state index contributed by atoms with van der Waals surface area (Å²) in [7, 11) is 0. The molecule has 0 heterocycles. The summed E-state index contributed by atoms with van der Waals surface area (Å²) >= 11 is 0. The lowest BCUT2D eigenvalue weighted by Gasteiger charge is -2.18. The highest BCUT2D eigenvalue weighted by molar-refractivity contribution is 6.03. The zero-order valence-electron chi connectivity index (χ0n) is 4.72. The summed E-state index contributed by atoms with van der Waals surface area (Å²) in [6.07, 6.45) is 1.51. The molecule has 0 bridgehead atoms. The van der Waals surface area contributed by atoms with Crippen LogP contribution in [0.25, 0.3) is 0 Å². The van der Waals surface area contributed by atoms with Gasteiger partial charge in [-0.05, 0) is 18.1 Å². The van der Waals surface area contributed by atoms with Crippen LogP contribution in [-0.4, -0.2) is 17.0 Å². The molecule has 0 fully saturated rings. The Hall–Kier alpha value is -0.630. The minimum absolute atomic E-state index is 0.151. The molecule has 0 aromatic heterocycles. The van der Waals surface area contributed by atoms with E-state index >= 15 is 0 Å². The minimum Gasteiger partial charge on any atom is -0.381 e. The van der Waals surface area contributed by atoms with Gasteiger partial charge in [0.15, 0.2) is 5.78 Å². The van der Waals surface area contributed by atoms with E-state index in [0.717, 1.165) is 12.0 Å². The van der Waals surface area contributed by atoms with Gasteiger partial charge in [-0.1, -0.05) is 6.92 Å². The predicted octanol–water partition coefficient (Wildman–Crippen LogP) is 0.266. The molecule has 0 radical (unpaired) electrons. The number of carbonyl (C=O) groups is 1. The van der Waals surface area contributed by atoms with Crippen LogP contribution in [0, 0.1) is 0 Å². The number of aliphatic hydroxyl groups excluding tert-OH is 1. The topological polar surface area (TPSA) is 37.3 Å². The molecule has 44 valence electrons. The molecule has 2 heteroatoms. The van der Waals surface area contributed by atoms with Crippen molar-refractivity contribution < 1.29 is 9.90 Å². The highest BCUT2D eigenvalue weighted by atomic mass is 16.3. The van der Waals surface area contributed by atoms with Gasteiger partial charge in [-0.15, -0.1) is 0 Å². The fourth-order valence-corrected chi connectivity index (χ4v) is 0.723. The molecular weight excluding hydrogens is 104 g/mol. The first-order valence-electron chi connectivity index (χ1n) is 2.68. The highest BCUT2D eigenvalue weighted by Crippen LogP contribution is 2.17. The smallest absolute Gasteiger partial charge is 0.188 e. The Morgan fingerprint density at radius 3 is 2.62 bits per heavy atom. The van der Waals surface area contributed by atoms with Gasteiger partial charge in [0.2, 0.25) is 0 Å². The van der Waals surface area contributed by atoms with Crippen molar-refractivity contribution >= 4 is 5.78 Å². The maximum absolute atomic E-state index is 10.3. The van der Waals surface area contributed by atoms with E-state index < -0.39 is 6.10 Å². The fraction of sp³-hybridized carbons (Fsp3) is 0.500. The van der Waals surface area contributed by atoms with Crippen LogP contribution < -0.4 is 0 Å². The van der Waals surface area contributed by atoms with Crippen LogP contribution in [0.5, 0.6) is 0 Å². The summed E-state index contributed by atoms with van der Waals surface area (Å²) in [4.78, 5) is 10.3. The van der Waals surface area contributed by atoms with Gasteiger partial charge in [-0.25, -0.2) is 0 Å². The molecular formula is C6H8O2. The standard InChI is InChI=1S/C6H8O2/c1-2-4-3-5(7)6(4)8/h3,6,8H,2H2,1H3. The van der Waals surface area contributed by atoms with E-state index in [9.17, 15) is 4.79 Å². The van der Waals surface area contributed by atoms with Crippen LogP contribution in [0.15, 0.2) is 11.6 Å². The Morgan fingerprint density at radius 1 is 1.88 bits per heavy atom. The number of hydrogen-bond donors (Lipinski definition) is 1. The second-order valence-corrected chi connectivity index (χ2v) is 1.88. The van der Waals surface area contributed by atoms with Crippen LogP contribution in [-0.2, 0) is 4.79 Å². The average Bonchev–Trinajstić information content (AvgIpc) is 1.81. The third kappa shape index (κ3) is 0.574. The maximum atomic E-state index is 10.3. The Balaban J connectivity index is 2.63. The molecule has 1 aliphatic carbocycles. The van der Waals surface area contributed by atoms with Crippen molar-refractivity contribution in [2.75, 3.05) is 0 Å². The maximum Gasteiger partial charge on any atom is 0.188 e. The van der Waals surface area contributed by atoms with Crippen LogP contribution in [0.1, 0.15) is 13.3 Å². The summed E-state index contributed by atoms with van der Waals surface area (Å²) in [5, 5.41) is 8.76. The van der Waals surface area contributed by atoms with E-state index in [1.54, 1.807) is 0 Å².